The summed E-state index contributed by atoms with van der Waals surface area (Å²) in [6.07, 6.45) is 9.17. The van der Waals surface area contributed by atoms with Crippen molar-refractivity contribution in [2.24, 2.45) is 33.7 Å². The largest absolute Gasteiger partial charge is 0.457 e. The highest BCUT2D eigenvalue weighted by Gasteiger charge is 2.62. The number of ether oxygens (including phenoxy) is 1. The fourth-order valence-electron chi connectivity index (χ4n) is 7.21. The maximum atomic E-state index is 5.87. The molecule has 2 aromatic carbocycles. The second-order valence-corrected chi connectivity index (χ2v) is 11.2. The second-order valence-electron chi connectivity index (χ2n) is 11.2. The summed E-state index contributed by atoms with van der Waals surface area (Å²) in [6, 6.07) is 17.9. The van der Waals surface area contributed by atoms with E-state index in [1.165, 1.54) is 32.1 Å². The Morgan fingerprint density at radius 3 is 2.45 bits per heavy atom. The van der Waals surface area contributed by atoms with Crippen LogP contribution in [0.3, 0.4) is 0 Å². The van der Waals surface area contributed by atoms with Gasteiger partial charge in [-0.2, -0.15) is 0 Å². The number of rotatable bonds is 6. The van der Waals surface area contributed by atoms with E-state index in [2.05, 4.69) is 38.9 Å². The van der Waals surface area contributed by atoms with Crippen LogP contribution in [-0.2, 0) is 11.4 Å². The van der Waals surface area contributed by atoms with Gasteiger partial charge in [0.2, 0.25) is 0 Å². The maximum Gasteiger partial charge on any atom is 0.142 e. The van der Waals surface area contributed by atoms with E-state index >= 15 is 0 Å². The Kier molecular flexibility index (Phi) is 5.84. The van der Waals surface area contributed by atoms with Crippen molar-refractivity contribution in [2.45, 2.75) is 66.4 Å². The zero-order chi connectivity index (χ0) is 23.1. The first kappa shape index (κ1) is 22.3. The SMILES string of the molecule is C/C(C=C1[C@H]2CC[C@@H]3[C@@H]2C(C)(C)CCC[C@]13C)=N\OCc1ccc(Oc2ccccc2)cc1. The van der Waals surface area contributed by atoms with Gasteiger partial charge in [0, 0.05) is 0 Å². The Bertz CT molecular complexity index is 1040. The minimum Gasteiger partial charge on any atom is -0.457 e. The highest BCUT2D eigenvalue weighted by atomic mass is 16.6. The molecule has 0 saturated heterocycles. The number of para-hydroxylation sites is 1. The summed E-state index contributed by atoms with van der Waals surface area (Å²) in [5, 5.41) is 4.47. The van der Waals surface area contributed by atoms with Crippen LogP contribution in [0, 0.1) is 28.6 Å². The van der Waals surface area contributed by atoms with Crippen LogP contribution in [0.5, 0.6) is 11.5 Å². The van der Waals surface area contributed by atoms with Crippen LogP contribution in [0.15, 0.2) is 71.4 Å². The molecule has 0 unspecified atom stereocenters. The lowest BCUT2D eigenvalue weighted by molar-refractivity contribution is 0.130. The standard InChI is InChI=1S/C30H37NO2/c1-21(19-27-25-15-16-26-28(25)29(2,3)17-8-18-30(26,27)4)31-32-20-22-11-13-24(14-12-22)33-23-9-6-5-7-10-23/h5-7,9-14,19,25-26,28H,8,15-18,20H2,1-4H3/b27-19?,31-21+/t25-,26-,28-,30+/m1/s1. The Morgan fingerprint density at radius 2 is 1.70 bits per heavy atom. The predicted octanol–water partition coefficient (Wildman–Crippen LogP) is 8.17. The minimum absolute atomic E-state index is 0.354. The van der Waals surface area contributed by atoms with Gasteiger partial charge >= 0.3 is 0 Å². The molecule has 0 heterocycles. The molecule has 3 nitrogen and oxygen atoms in total. The fourth-order valence-corrected chi connectivity index (χ4v) is 7.21. The molecule has 3 heteroatoms. The molecule has 3 fully saturated rings. The van der Waals surface area contributed by atoms with Crippen LogP contribution in [0.25, 0.3) is 0 Å². The topological polar surface area (TPSA) is 30.8 Å². The number of benzene rings is 2. The highest BCUT2D eigenvalue weighted by Crippen LogP contribution is 2.70. The van der Waals surface area contributed by atoms with E-state index in [0.29, 0.717) is 17.4 Å². The monoisotopic (exact) mass is 443 g/mol. The van der Waals surface area contributed by atoms with Gasteiger partial charge in [-0.15, -0.1) is 0 Å². The van der Waals surface area contributed by atoms with E-state index in [0.717, 1.165) is 40.5 Å². The third kappa shape index (κ3) is 4.23. The summed E-state index contributed by atoms with van der Waals surface area (Å²) < 4.78 is 5.87. The second kappa shape index (κ2) is 8.66. The zero-order valence-corrected chi connectivity index (χ0v) is 20.5. The predicted molar refractivity (Wildman–Crippen MR) is 134 cm³/mol. The molecule has 4 bridgehead atoms. The average Bonchev–Trinajstić information content (AvgIpc) is 3.30. The lowest BCUT2D eigenvalue weighted by Crippen LogP contribution is -2.28. The van der Waals surface area contributed by atoms with Crippen molar-refractivity contribution in [3.63, 3.8) is 0 Å². The zero-order valence-electron chi connectivity index (χ0n) is 20.5. The summed E-state index contributed by atoms with van der Waals surface area (Å²) in [4.78, 5) is 5.74. The van der Waals surface area contributed by atoms with Crippen molar-refractivity contribution in [1.29, 1.82) is 0 Å². The quantitative estimate of drug-likeness (QED) is 0.333. The first-order chi connectivity index (χ1) is 15.9. The molecule has 33 heavy (non-hydrogen) atoms. The Hall–Kier alpha value is -2.55. The lowest BCUT2D eigenvalue weighted by Gasteiger charge is -2.36. The Labute approximate surface area is 198 Å². The molecule has 3 saturated carbocycles. The van der Waals surface area contributed by atoms with Gasteiger partial charge in [0.1, 0.15) is 18.1 Å². The van der Waals surface area contributed by atoms with Gasteiger partial charge in [0.25, 0.3) is 0 Å². The van der Waals surface area contributed by atoms with Gasteiger partial charge in [-0.05, 0) is 97.1 Å². The van der Waals surface area contributed by atoms with Gasteiger partial charge < -0.3 is 9.57 Å². The molecule has 0 aliphatic heterocycles. The molecule has 0 amide bonds. The van der Waals surface area contributed by atoms with Gasteiger partial charge in [-0.25, -0.2) is 0 Å². The number of nitrogens with zero attached hydrogens (tertiary/aromatic N) is 1. The molecule has 0 N–H and O–H groups in total. The number of hydrogen-bond acceptors (Lipinski definition) is 3. The van der Waals surface area contributed by atoms with Gasteiger partial charge in [-0.1, -0.05) is 68.3 Å². The van der Waals surface area contributed by atoms with Crippen LogP contribution >= 0.6 is 0 Å². The first-order valence-electron chi connectivity index (χ1n) is 12.6. The highest BCUT2D eigenvalue weighted by molar-refractivity contribution is 5.93. The van der Waals surface area contributed by atoms with Crippen molar-refractivity contribution >= 4 is 5.71 Å². The summed E-state index contributed by atoms with van der Waals surface area (Å²) in [7, 11) is 0. The van der Waals surface area contributed by atoms with Gasteiger partial charge in [-0.3, -0.25) is 0 Å². The van der Waals surface area contributed by atoms with E-state index in [-0.39, 0.29) is 0 Å². The van der Waals surface area contributed by atoms with Gasteiger partial charge in [0.05, 0.1) is 5.71 Å². The molecule has 2 aromatic rings. The molecule has 4 atom stereocenters. The molecule has 174 valence electrons. The molecular formula is C30H37NO2. The van der Waals surface area contributed by atoms with Crippen molar-refractivity contribution in [1.82, 2.24) is 0 Å². The van der Waals surface area contributed by atoms with Crippen LogP contribution in [0.1, 0.15) is 65.4 Å². The van der Waals surface area contributed by atoms with Crippen molar-refractivity contribution in [3.8, 4) is 11.5 Å². The molecule has 5 rings (SSSR count). The summed E-state index contributed by atoms with van der Waals surface area (Å²) >= 11 is 0. The van der Waals surface area contributed by atoms with Crippen molar-refractivity contribution in [2.75, 3.05) is 0 Å². The number of allylic oxidation sites excluding steroid dienone is 2. The first-order valence-corrected chi connectivity index (χ1v) is 12.6. The maximum absolute atomic E-state index is 5.87. The summed E-state index contributed by atoms with van der Waals surface area (Å²) in [6.45, 7) is 10.1. The molecule has 3 aliphatic rings. The van der Waals surface area contributed by atoms with Crippen LogP contribution < -0.4 is 4.74 Å². The fraction of sp³-hybridized carbons (Fsp3) is 0.500. The Balaban J connectivity index is 1.23. The number of oxime groups is 1. The van der Waals surface area contributed by atoms with E-state index in [9.17, 15) is 0 Å². The van der Waals surface area contributed by atoms with Crippen LogP contribution in [0.2, 0.25) is 0 Å². The van der Waals surface area contributed by atoms with Crippen LogP contribution in [-0.4, -0.2) is 5.71 Å². The third-order valence-corrected chi connectivity index (χ3v) is 8.66. The minimum atomic E-state index is 0.354. The van der Waals surface area contributed by atoms with E-state index < -0.39 is 0 Å². The molecule has 0 radical (unpaired) electrons. The third-order valence-electron chi connectivity index (χ3n) is 8.66. The normalized spacial score (nSPS) is 31.5. The van der Waals surface area contributed by atoms with E-state index in [4.69, 9.17) is 9.57 Å². The van der Waals surface area contributed by atoms with Crippen molar-refractivity contribution in [3.05, 3.63) is 71.8 Å². The molecule has 3 aliphatic carbocycles. The van der Waals surface area contributed by atoms with Crippen LogP contribution in [0.4, 0.5) is 0 Å². The number of hydrogen-bond donors (Lipinski definition) is 0. The van der Waals surface area contributed by atoms with Crippen molar-refractivity contribution < 1.29 is 9.57 Å². The van der Waals surface area contributed by atoms with E-state index in [1.807, 2.05) is 54.6 Å². The summed E-state index contributed by atoms with van der Waals surface area (Å²) in [5.74, 6) is 4.08. The molecular weight excluding hydrogens is 406 g/mol. The molecule has 0 aromatic heterocycles. The smallest absolute Gasteiger partial charge is 0.142 e. The summed E-state index contributed by atoms with van der Waals surface area (Å²) in [5.41, 5.74) is 4.54. The van der Waals surface area contributed by atoms with E-state index in [1.54, 1.807) is 5.57 Å². The average molecular weight is 444 g/mol. The van der Waals surface area contributed by atoms with Gasteiger partial charge in [0.15, 0.2) is 0 Å². The Morgan fingerprint density at radius 1 is 0.970 bits per heavy atom. The lowest BCUT2D eigenvalue weighted by atomic mass is 9.68. The molecule has 0 spiro atoms.